The fourth-order valence-corrected chi connectivity index (χ4v) is 2.97. The van der Waals surface area contributed by atoms with Crippen LogP contribution in [0.3, 0.4) is 0 Å². The average Bonchev–Trinajstić information content (AvgIpc) is 2.66. The minimum atomic E-state index is -0.0924. The highest BCUT2D eigenvalue weighted by atomic mass is 16.5. The number of allylic oxidation sites excluding steroid dienone is 1. The Labute approximate surface area is 168 Å². The van der Waals surface area contributed by atoms with E-state index < -0.39 is 0 Å². The maximum absolute atomic E-state index is 12.6. The summed E-state index contributed by atoms with van der Waals surface area (Å²) in [4.78, 5) is 12.6. The SMILES string of the molecule is CCOc1ccc(C(C)(C)C)c(OCC)c1C=CC(=O)c1ccc(NC)cc1. The third kappa shape index (κ3) is 5.16. The highest BCUT2D eigenvalue weighted by molar-refractivity contribution is 6.07. The van der Waals surface area contributed by atoms with Crippen molar-refractivity contribution < 1.29 is 14.3 Å². The first kappa shape index (κ1) is 21.5. The summed E-state index contributed by atoms with van der Waals surface area (Å²) in [5.74, 6) is 1.43. The van der Waals surface area contributed by atoms with E-state index in [-0.39, 0.29) is 11.2 Å². The molecule has 0 saturated heterocycles. The van der Waals surface area contributed by atoms with Crippen LogP contribution in [0.1, 0.15) is 56.1 Å². The summed E-state index contributed by atoms with van der Waals surface area (Å²) in [5.41, 5.74) is 3.40. The molecule has 28 heavy (non-hydrogen) atoms. The van der Waals surface area contributed by atoms with Gasteiger partial charge in [-0.25, -0.2) is 0 Å². The summed E-state index contributed by atoms with van der Waals surface area (Å²) in [6.07, 6.45) is 3.39. The van der Waals surface area contributed by atoms with Crippen molar-refractivity contribution in [3.63, 3.8) is 0 Å². The first-order chi connectivity index (χ1) is 13.3. The molecule has 0 amide bonds. The van der Waals surface area contributed by atoms with E-state index in [1.165, 1.54) is 0 Å². The number of hydrogen-bond acceptors (Lipinski definition) is 4. The monoisotopic (exact) mass is 381 g/mol. The van der Waals surface area contributed by atoms with Crippen LogP contribution in [0, 0.1) is 0 Å². The fraction of sp³-hybridized carbons (Fsp3) is 0.375. The van der Waals surface area contributed by atoms with Gasteiger partial charge >= 0.3 is 0 Å². The predicted octanol–water partition coefficient (Wildman–Crippen LogP) is 5.72. The highest BCUT2D eigenvalue weighted by Gasteiger charge is 2.23. The van der Waals surface area contributed by atoms with Crippen LogP contribution in [0.5, 0.6) is 11.5 Å². The predicted molar refractivity (Wildman–Crippen MR) is 117 cm³/mol. The molecule has 2 aromatic carbocycles. The van der Waals surface area contributed by atoms with Crippen LogP contribution in [0.2, 0.25) is 0 Å². The van der Waals surface area contributed by atoms with E-state index in [1.807, 2.05) is 57.3 Å². The fourth-order valence-electron chi connectivity index (χ4n) is 2.97. The smallest absolute Gasteiger partial charge is 0.185 e. The van der Waals surface area contributed by atoms with Gasteiger partial charge in [0.1, 0.15) is 11.5 Å². The summed E-state index contributed by atoms with van der Waals surface area (Å²) < 4.78 is 11.8. The van der Waals surface area contributed by atoms with Crippen LogP contribution in [0.15, 0.2) is 42.5 Å². The van der Waals surface area contributed by atoms with Crippen molar-refractivity contribution in [2.75, 3.05) is 25.6 Å². The molecule has 150 valence electrons. The minimum absolute atomic E-state index is 0.0614. The summed E-state index contributed by atoms with van der Waals surface area (Å²) in [6, 6.07) is 11.4. The molecule has 0 atom stereocenters. The van der Waals surface area contributed by atoms with Gasteiger partial charge in [-0.1, -0.05) is 26.8 Å². The highest BCUT2D eigenvalue weighted by Crippen LogP contribution is 2.40. The molecule has 0 bridgehead atoms. The molecule has 0 saturated carbocycles. The van der Waals surface area contributed by atoms with Gasteiger partial charge in [-0.2, -0.15) is 0 Å². The summed E-state index contributed by atoms with van der Waals surface area (Å²) in [7, 11) is 1.85. The van der Waals surface area contributed by atoms with Gasteiger partial charge in [0.15, 0.2) is 5.78 Å². The van der Waals surface area contributed by atoms with Gasteiger partial charge in [0.2, 0.25) is 0 Å². The van der Waals surface area contributed by atoms with Crippen LogP contribution in [0.25, 0.3) is 6.08 Å². The molecule has 4 nitrogen and oxygen atoms in total. The summed E-state index contributed by atoms with van der Waals surface area (Å²) in [6.45, 7) is 11.4. The number of benzene rings is 2. The molecule has 0 aliphatic heterocycles. The zero-order valence-electron chi connectivity index (χ0n) is 17.8. The zero-order valence-corrected chi connectivity index (χ0v) is 17.8. The standard InChI is InChI=1S/C24H31NO3/c1-7-27-22-16-14-20(24(3,4)5)23(28-8-2)19(22)13-15-21(26)17-9-11-18(25-6)12-10-17/h9-16,25H,7-8H2,1-6H3. The molecule has 0 spiro atoms. The van der Waals surface area contributed by atoms with Gasteiger partial charge in [0, 0.05) is 23.9 Å². The Kier molecular flexibility index (Phi) is 7.27. The largest absolute Gasteiger partial charge is 0.493 e. The Morgan fingerprint density at radius 1 is 1.00 bits per heavy atom. The first-order valence-corrected chi connectivity index (χ1v) is 9.75. The lowest BCUT2D eigenvalue weighted by atomic mass is 9.84. The lowest BCUT2D eigenvalue weighted by Gasteiger charge is -2.25. The Bertz CT molecular complexity index is 830. The number of nitrogens with one attached hydrogen (secondary N) is 1. The maximum Gasteiger partial charge on any atom is 0.185 e. The number of ketones is 1. The van der Waals surface area contributed by atoms with E-state index in [2.05, 4.69) is 26.1 Å². The van der Waals surface area contributed by atoms with E-state index in [9.17, 15) is 4.79 Å². The topological polar surface area (TPSA) is 47.6 Å². The number of hydrogen-bond donors (Lipinski definition) is 1. The van der Waals surface area contributed by atoms with Crippen molar-refractivity contribution in [2.45, 2.75) is 40.0 Å². The van der Waals surface area contributed by atoms with E-state index in [4.69, 9.17) is 9.47 Å². The Hall–Kier alpha value is -2.75. The number of anilines is 1. The molecule has 0 unspecified atom stereocenters. The maximum atomic E-state index is 12.6. The minimum Gasteiger partial charge on any atom is -0.493 e. The van der Waals surface area contributed by atoms with Gasteiger partial charge < -0.3 is 14.8 Å². The molecule has 0 aliphatic rings. The normalized spacial score (nSPS) is 11.5. The molecule has 4 heteroatoms. The second kappa shape index (κ2) is 9.45. The lowest BCUT2D eigenvalue weighted by molar-refractivity contribution is 0.104. The summed E-state index contributed by atoms with van der Waals surface area (Å²) in [5, 5.41) is 3.05. The van der Waals surface area contributed by atoms with Gasteiger partial charge in [-0.05, 0) is 61.7 Å². The van der Waals surface area contributed by atoms with Crippen LogP contribution in [-0.4, -0.2) is 26.0 Å². The Balaban J connectivity index is 2.47. The van der Waals surface area contributed by atoms with Gasteiger partial charge in [0.25, 0.3) is 0 Å². The third-order valence-corrected chi connectivity index (χ3v) is 4.41. The first-order valence-electron chi connectivity index (χ1n) is 9.75. The van der Waals surface area contributed by atoms with Crippen molar-refractivity contribution in [3.05, 3.63) is 59.2 Å². The van der Waals surface area contributed by atoms with Crippen molar-refractivity contribution >= 4 is 17.5 Å². The third-order valence-electron chi connectivity index (χ3n) is 4.41. The number of carbonyl (C=O) groups is 1. The van der Waals surface area contributed by atoms with Gasteiger partial charge in [-0.3, -0.25) is 4.79 Å². The van der Waals surface area contributed by atoms with Crippen molar-refractivity contribution in [1.29, 1.82) is 0 Å². The average molecular weight is 382 g/mol. The van der Waals surface area contributed by atoms with E-state index in [1.54, 1.807) is 12.2 Å². The molecule has 0 aliphatic carbocycles. The van der Waals surface area contributed by atoms with E-state index in [0.29, 0.717) is 24.5 Å². The number of rotatable bonds is 8. The molecule has 0 heterocycles. The molecule has 0 aromatic heterocycles. The van der Waals surface area contributed by atoms with E-state index in [0.717, 1.165) is 22.6 Å². The number of ether oxygens (including phenoxy) is 2. The summed E-state index contributed by atoms with van der Waals surface area (Å²) >= 11 is 0. The Morgan fingerprint density at radius 2 is 1.64 bits per heavy atom. The number of carbonyl (C=O) groups excluding carboxylic acids is 1. The quantitative estimate of drug-likeness (QED) is 0.469. The van der Waals surface area contributed by atoms with Crippen LogP contribution in [0.4, 0.5) is 5.69 Å². The molecule has 2 rings (SSSR count). The molecular weight excluding hydrogens is 350 g/mol. The van der Waals surface area contributed by atoms with E-state index >= 15 is 0 Å². The molecule has 0 radical (unpaired) electrons. The molecule has 1 N–H and O–H groups in total. The Morgan fingerprint density at radius 3 is 2.18 bits per heavy atom. The van der Waals surface area contributed by atoms with Crippen LogP contribution in [-0.2, 0) is 5.41 Å². The molecule has 2 aromatic rings. The van der Waals surface area contributed by atoms with Crippen LogP contribution < -0.4 is 14.8 Å². The second-order valence-electron chi connectivity index (χ2n) is 7.50. The second-order valence-corrected chi connectivity index (χ2v) is 7.50. The molecular formula is C24H31NO3. The van der Waals surface area contributed by atoms with Crippen molar-refractivity contribution in [1.82, 2.24) is 0 Å². The lowest BCUT2D eigenvalue weighted by Crippen LogP contribution is -2.15. The zero-order chi connectivity index (χ0) is 20.7. The van der Waals surface area contributed by atoms with Crippen molar-refractivity contribution in [2.24, 2.45) is 0 Å². The molecule has 0 fully saturated rings. The van der Waals surface area contributed by atoms with Crippen molar-refractivity contribution in [3.8, 4) is 11.5 Å². The van der Waals surface area contributed by atoms with Gasteiger partial charge in [-0.15, -0.1) is 0 Å². The van der Waals surface area contributed by atoms with Gasteiger partial charge in [0.05, 0.1) is 18.8 Å². The van der Waals surface area contributed by atoms with Crippen LogP contribution >= 0.6 is 0 Å².